The summed E-state index contributed by atoms with van der Waals surface area (Å²) in [5.74, 6) is -3.32. The molecule has 0 saturated carbocycles. The van der Waals surface area contributed by atoms with E-state index in [0.717, 1.165) is 61.3 Å². The number of aromatic amines is 3. The monoisotopic (exact) mass is 568 g/mol. The number of methoxy groups -OCH3 is 1. The zero-order valence-electron chi connectivity index (χ0n) is 25.0. The highest BCUT2D eigenvalue weighted by Gasteiger charge is 2.48. The second kappa shape index (κ2) is 9.79. The maximum Gasteiger partial charge on any atom is 0.321 e. The fraction of sp³-hybridized carbons (Fsp3) is 0.364. The number of allylic oxidation sites excluding steroid dienone is 2. The molecule has 9 heteroatoms. The van der Waals surface area contributed by atoms with Crippen molar-refractivity contribution >= 4 is 41.5 Å². The molecule has 0 aromatic carbocycles. The van der Waals surface area contributed by atoms with Gasteiger partial charge in [-0.3, -0.25) is 14.4 Å². The van der Waals surface area contributed by atoms with E-state index in [2.05, 4.69) is 67.0 Å². The van der Waals surface area contributed by atoms with Gasteiger partial charge in [0.1, 0.15) is 5.92 Å². The van der Waals surface area contributed by atoms with E-state index in [1.54, 1.807) is 0 Å². The van der Waals surface area contributed by atoms with E-state index in [1.807, 2.05) is 13.0 Å². The Morgan fingerprint density at radius 3 is 2.05 bits per heavy atom. The number of carbonyl (C=O) groups excluding carboxylic acids is 2. The molecular weight excluding hydrogens is 532 g/mol. The van der Waals surface area contributed by atoms with Gasteiger partial charge in [0.15, 0.2) is 5.78 Å². The van der Waals surface area contributed by atoms with Crippen LogP contribution in [-0.2, 0) is 14.3 Å². The highest BCUT2D eigenvalue weighted by Crippen LogP contribution is 2.48. The molecule has 1 saturated heterocycles. The van der Waals surface area contributed by atoms with Gasteiger partial charge < -0.3 is 30.1 Å². The molecule has 2 aliphatic heterocycles. The Bertz CT molecular complexity index is 1890. The first-order valence-corrected chi connectivity index (χ1v) is 14.3. The maximum atomic E-state index is 13.9. The minimum absolute atomic E-state index is 0.0411. The van der Waals surface area contributed by atoms with E-state index < -0.39 is 17.9 Å². The number of nitrogens with one attached hydrogen (secondary N) is 4. The van der Waals surface area contributed by atoms with Crippen molar-refractivity contribution in [2.24, 2.45) is 17.8 Å². The number of Topliss-reactive ketones (excluding diaryl/α,β-unsaturated/α-hetero) is 1. The van der Waals surface area contributed by atoms with Crippen LogP contribution in [0, 0.1) is 52.4 Å². The zero-order chi connectivity index (χ0) is 30.2. The molecule has 5 N–H and O–H groups in total. The van der Waals surface area contributed by atoms with Crippen LogP contribution in [-0.4, -0.2) is 44.9 Å². The quantitative estimate of drug-likeness (QED) is 0.241. The van der Waals surface area contributed by atoms with Crippen LogP contribution < -0.4 is 16.0 Å². The Kier molecular flexibility index (Phi) is 6.44. The van der Waals surface area contributed by atoms with Gasteiger partial charge in [0.05, 0.1) is 12.8 Å². The number of hydrogen-bond acceptors (Lipinski definition) is 5. The van der Waals surface area contributed by atoms with Crippen molar-refractivity contribution in [1.82, 2.24) is 20.3 Å². The lowest BCUT2D eigenvalue weighted by atomic mass is 9.85. The van der Waals surface area contributed by atoms with Gasteiger partial charge in [-0.25, -0.2) is 0 Å². The highest BCUT2D eigenvalue weighted by atomic mass is 16.5. The van der Waals surface area contributed by atoms with E-state index in [1.165, 1.54) is 7.11 Å². The summed E-state index contributed by atoms with van der Waals surface area (Å²) in [6.07, 6.45) is 6.52. The number of ketones is 1. The fourth-order valence-corrected chi connectivity index (χ4v) is 6.75. The first kappa shape index (κ1) is 27.6. The third-order valence-corrected chi connectivity index (χ3v) is 9.65. The van der Waals surface area contributed by atoms with E-state index in [9.17, 15) is 19.5 Å². The van der Waals surface area contributed by atoms with Gasteiger partial charge in [0.2, 0.25) is 0 Å². The molecule has 0 unspecified atom stereocenters. The van der Waals surface area contributed by atoms with Gasteiger partial charge in [0, 0.05) is 68.6 Å². The van der Waals surface area contributed by atoms with Crippen molar-refractivity contribution in [2.75, 3.05) is 7.11 Å². The largest absolute Gasteiger partial charge is 0.481 e. The summed E-state index contributed by atoms with van der Waals surface area (Å²) in [6.45, 7) is 12.3. The summed E-state index contributed by atoms with van der Waals surface area (Å²) >= 11 is 0. The molecule has 3 aromatic rings. The number of aromatic nitrogens is 3. The molecule has 1 fully saturated rings. The van der Waals surface area contributed by atoms with Gasteiger partial charge in [-0.2, -0.15) is 0 Å². The summed E-state index contributed by atoms with van der Waals surface area (Å²) in [6, 6.07) is 0. The van der Waals surface area contributed by atoms with Gasteiger partial charge in [0.25, 0.3) is 0 Å². The summed E-state index contributed by atoms with van der Waals surface area (Å²) in [7, 11) is 1.28. The molecule has 0 radical (unpaired) electrons. The number of esters is 1. The number of hydrogen-bond donors (Lipinski definition) is 5. The van der Waals surface area contributed by atoms with Crippen LogP contribution in [0.2, 0.25) is 0 Å². The Morgan fingerprint density at radius 2 is 1.45 bits per heavy atom. The second-order valence-corrected chi connectivity index (χ2v) is 11.8. The molecular formula is C33H36N4O5. The Hall–Kier alpha value is -4.53. The lowest BCUT2D eigenvalue weighted by Crippen LogP contribution is -2.25. The number of rotatable bonds is 4. The smallest absolute Gasteiger partial charge is 0.321 e. The number of carboxylic acid groups (broad SMARTS) is 1. The van der Waals surface area contributed by atoms with Gasteiger partial charge in [-0.15, -0.1) is 0 Å². The third kappa shape index (κ3) is 4.01. The van der Waals surface area contributed by atoms with Crippen molar-refractivity contribution in [2.45, 2.75) is 54.4 Å². The third-order valence-electron chi connectivity index (χ3n) is 9.65. The molecule has 5 heterocycles. The Morgan fingerprint density at radius 1 is 0.857 bits per heavy atom. The molecule has 0 spiro atoms. The van der Waals surface area contributed by atoms with E-state index in [-0.39, 0.29) is 24.0 Å². The van der Waals surface area contributed by atoms with Crippen molar-refractivity contribution in [1.29, 1.82) is 0 Å². The summed E-state index contributed by atoms with van der Waals surface area (Å²) in [5, 5.41) is 15.1. The number of aliphatic carboxylic acids is 1. The van der Waals surface area contributed by atoms with E-state index >= 15 is 0 Å². The number of ether oxygens (including phenoxy) is 1. The van der Waals surface area contributed by atoms with Gasteiger partial charge in [-0.1, -0.05) is 6.92 Å². The van der Waals surface area contributed by atoms with Crippen molar-refractivity contribution in [3.63, 3.8) is 0 Å². The SMILES string of the molecule is COC(=O)[C@H]1C(=O)c2c3[nH]c(c2C)/C=c2\[nH]/c(c(C)c2C)=C\c2[nH]c(c(C)c2C)/C=C2\N/C(=C\31)[C@@H](CCC(=O)O)[C@@H]2C. The lowest BCUT2D eigenvalue weighted by Gasteiger charge is -2.19. The van der Waals surface area contributed by atoms with Crippen molar-refractivity contribution in [3.8, 4) is 0 Å². The standard InChI is InChI=1S/C33H36N4O5/c1-13-15(3)22-11-24-17(5)19(8-9-26(38)39)30(36-24)28-29(33(41)42-7)32(40)27-18(6)25(37-31(27)28)12-23-16(4)14(2)21(35-23)10-20(13)34-22/h10-12,17,19,29,34-37H,8-9H2,1-7H3,(H,38,39)/b21-10-,23-12-,24-11-,30-28-/t17-,19-,29+/m0/s1. The van der Waals surface area contributed by atoms with Crippen LogP contribution in [0.1, 0.15) is 80.7 Å². The van der Waals surface area contributed by atoms with Crippen LogP contribution in [0.15, 0.2) is 11.4 Å². The molecule has 0 amide bonds. The normalized spacial score (nSPS) is 25.3. The highest BCUT2D eigenvalue weighted by molar-refractivity contribution is 6.24. The van der Waals surface area contributed by atoms with Gasteiger partial charge in [-0.05, 0) is 87.1 Å². The summed E-state index contributed by atoms with van der Waals surface area (Å²) < 4.78 is 5.13. The minimum Gasteiger partial charge on any atom is -0.481 e. The van der Waals surface area contributed by atoms with E-state index in [4.69, 9.17) is 4.74 Å². The number of carboxylic acids is 1. The average molecular weight is 569 g/mol. The molecule has 8 bridgehead atoms. The van der Waals surface area contributed by atoms with Crippen molar-refractivity contribution in [3.05, 3.63) is 78.2 Å². The first-order chi connectivity index (χ1) is 19.9. The van der Waals surface area contributed by atoms with Crippen molar-refractivity contribution < 1.29 is 24.2 Å². The van der Waals surface area contributed by atoms with Gasteiger partial charge >= 0.3 is 11.9 Å². The predicted molar refractivity (Wildman–Crippen MR) is 160 cm³/mol. The Balaban J connectivity index is 1.72. The van der Waals surface area contributed by atoms with Crippen LogP contribution in [0.5, 0.6) is 0 Å². The molecule has 6 rings (SSSR count). The summed E-state index contributed by atoms with van der Waals surface area (Å²) in [4.78, 5) is 49.4. The second-order valence-electron chi connectivity index (χ2n) is 11.8. The van der Waals surface area contributed by atoms with E-state index in [0.29, 0.717) is 28.9 Å². The number of carbonyl (C=O) groups is 3. The molecule has 1 aliphatic carbocycles. The fourth-order valence-electron chi connectivity index (χ4n) is 6.75. The molecule has 9 nitrogen and oxygen atoms in total. The number of H-pyrrole nitrogens is 3. The van der Waals surface area contributed by atoms with Crippen LogP contribution >= 0.6 is 0 Å². The summed E-state index contributed by atoms with van der Waals surface area (Å²) in [5.41, 5.74) is 11.1. The first-order valence-electron chi connectivity index (χ1n) is 14.3. The minimum atomic E-state index is -1.14. The molecule has 3 aliphatic rings. The maximum absolute atomic E-state index is 13.9. The molecule has 3 aromatic heterocycles. The topological polar surface area (TPSA) is 140 Å². The lowest BCUT2D eigenvalue weighted by molar-refractivity contribution is -0.142. The number of fused-ring (bicyclic) bond motifs is 7. The van der Waals surface area contributed by atoms with Crippen LogP contribution in [0.25, 0.3) is 23.8 Å². The molecule has 3 atom stereocenters. The molecule has 218 valence electrons. The predicted octanol–water partition coefficient (Wildman–Crippen LogP) is 3.64. The van der Waals surface area contributed by atoms with Crippen LogP contribution in [0.4, 0.5) is 0 Å². The average Bonchev–Trinajstić information content (AvgIpc) is 3.67. The van der Waals surface area contributed by atoms with Crippen LogP contribution in [0.3, 0.4) is 0 Å². The Labute approximate surface area is 243 Å². The molecule has 42 heavy (non-hydrogen) atoms. The zero-order valence-corrected chi connectivity index (χ0v) is 25.0.